The smallest absolute Gasteiger partial charge is 0.328 e. The fourth-order valence-corrected chi connectivity index (χ4v) is 3.54. The molecule has 1 atom stereocenters. The van der Waals surface area contributed by atoms with Gasteiger partial charge in [0.2, 0.25) is 5.91 Å². The molecule has 0 radical (unpaired) electrons. The minimum Gasteiger partial charge on any atom is -0.464 e. The summed E-state index contributed by atoms with van der Waals surface area (Å²) in [5, 5.41) is 2.88. The van der Waals surface area contributed by atoms with Crippen LogP contribution in [0.1, 0.15) is 71.5 Å². The molecule has 30 heavy (non-hydrogen) atoms. The molecule has 0 aromatic carbocycles. The third-order valence-corrected chi connectivity index (χ3v) is 5.10. The van der Waals surface area contributed by atoms with Crippen molar-refractivity contribution in [3.05, 3.63) is 24.3 Å². The second kappa shape index (κ2) is 12.3. The van der Waals surface area contributed by atoms with Crippen molar-refractivity contribution in [3.63, 3.8) is 0 Å². The summed E-state index contributed by atoms with van der Waals surface area (Å²) in [4.78, 5) is 33.5. The van der Waals surface area contributed by atoms with Crippen molar-refractivity contribution >= 4 is 22.9 Å². The van der Waals surface area contributed by atoms with Gasteiger partial charge in [0.25, 0.3) is 0 Å². The van der Waals surface area contributed by atoms with Gasteiger partial charge in [0.1, 0.15) is 17.4 Å². The van der Waals surface area contributed by atoms with Crippen molar-refractivity contribution in [2.24, 2.45) is 5.92 Å². The van der Waals surface area contributed by atoms with Gasteiger partial charge < -0.3 is 14.6 Å². The number of amides is 1. The third kappa shape index (κ3) is 7.43. The van der Waals surface area contributed by atoms with E-state index in [9.17, 15) is 9.59 Å². The predicted octanol–water partition coefficient (Wildman–Crippen LogP) is 4.17. The average Bonchev–Trinajstić information content (AvgIpc) is 3.02. The van der Waals surface area contributed by atoms with Gasteiger partial charge in [0.05, 0.1) is 18.3 Å². The average molecular weight is 417 g/mol. The second-order valence-corrected chi connectivity index (χ2v) is 8.26. The summed E-state index contributed by atoms with van der Waals surface area (Å²) in [6, 6.07) is 1.36. The lowest BCUT2D eigenvalue weighted by atomic mass is 10.0. The third-order valence-electron chi connectivity index (χ3n) is 5.10. The highest BCUT2D eigenvalue weighted by atomic mass is 16.5. The number of nitrogens with zero attached hydrogens (tertiary/aromatic N) is 3. The Bertz CT molecular complexity index is 816. The highest BCUT2D eigenvalue weighted by Gasteiger charge is 2.23. The van der Waals surface area contributed by atoms with Crippen LogP contribution in [-0.2, 0) is 20.9 Å². The van der Waals surface area contributed by atoms with Gasteiger partial charge in [-0.15, -0.1) is 0 Å². The van der Waals surface area contributed by atoms with E-state index in [1.54, 1.807) is 12.4 Å². The summed E-state index contributed by atoms with van der Waals surface area (Å²) in [5.41, 5.74) is 1.88. The van der Waals surface area contributed by atoms with E-state index < -0.39 is 6.04 Å². The summed E-state index contributed by atoms with van der Waals surface area (Å²) in [7, 11) is 0. The zero-order valence-corrected chi connectivity index (χ0v) is 18.8. The number of hydrogen-bond donors (Lipinski definition) is 1. The number of nitrogens with one attached hydrogen (secondary N) is 1. The van der Waals surface area contributed by atoms with Crippen molar-refractivity contribution in [3.8, 4) is 0 Å². The second-order valence-electron chi connectivity index (χ2n) is 8.26. The van der Waals surface area contributed by atoms with Gasteiger partial charge in [-0.3, -0.25) is 9.78 Å². The molecule has 2 rings (SSSR count). The number of ether oxygens (including phenoxy) is 1. The molecule has 2 heterocycles. The van der Waals surface area contributed by atoms with Crippen molar-refractivity contribution in [2.75, 3.05) is 6.61 Å². The maximum Gasteiger partial charge on any atom is 0.328 e. The number of imidazole rings is 1. The molecule has 0 bridgehead atoms. The van der Waals surface area contributed by atoms with Crippen molar-refractivity contribution < 1.29 is 14.3 Å². The van der Waals surface area contributed by atoms with Crippen LogP contribution in [0.3, 0.4) is 0 Å². The van der Waals surface area contributed by atoms with E-state index in [1.165, 1.54) is 0 Å². The first-order valence-corrected chi connectivity index (χ1v) is 11.1. The molecule has 0 saturated heterocycles. The molecule has 1 amide bonds. The zero-order valence-electron chi connectivity index (χ0n) is 18.8. The predicted molar refractivity (Wildman–Crippen MR) is 118 cm³/mol. The number of esters is 1. The largest absolute Gasteiger partial charge is 0.464 e. The van der Waals surface area contributed by atoms with Crippen LogP contribution in [0, 0.1) is 12.8 Å². The standard InChI is InChI=1S/C23H36N4O3/c1-5-6-7-8-14-30-23(29)19(15-17(2)3)26-22(28)10-9-13-27-18(4)25-20-16-24-12-11-21(20)27/h11-12,16-17,19H,5-10,13-15H2,1-4H3,(H,26,28)/t19-/m0/s1. The van der Waals surface area contributed by atoms with Gasteiger partial charge in [-0.05, 0) is 38.2 Å². The highest BCUT2D eigenvalue weighted by Crippen LogP contribution is 2.15. The molecule has 7 heteroatoms. The Morgan fingerprint density at radius 3 is 2.73 bits per heavy atom. The normalized spacial score (nSPS) is 12.3. The number of carbonyl (C=O) groups excluding carboxylic acids is 2. The first-order chi connectivity index (χ1) is 14.4. The number of fused-ring (bicyclic) bond motifs is 1. The number of aryl methyl sites for hydroxylation is 2. The molecular formula is C23H36N4O3. The number of rotatable bonds is 13. The number of unbranched alkanes of at least 4 members (excludes halogenated alkanes) is 3. The minimum absolute atomic E-state index is 0.118. The van der Waals surface area contributed by atoms with E-state index >= 15 is 0 Å². The minimum atomic E-state index is -0.578. The summed E-state index contributed by atoms with van der Waals surface area (Å²) >= 11 is 0. The lowest BCUT2D eigenvalue weighted by Gasteiger charge is -2.19. The molecule has 1 N–H and O–H groups in total. The maximum atomic E-state index is 12.5. The topological polar surface area (TPSA) is 86.1 Å². The van der Waals surface area contributed by atoms with E-state index in [0.717, 1.165) is 42.5 Å². The molecule has 0 aliphatic carbocycles. The molecule has 7 nitrogen and oxygen atoms in total. The lowest BCUT2D eigenvalue weighted by Crippen LogP contribution is -2.42. The number of aromatic nitrogens is 3. The zero-order chi connectivity index (χ0) is 21.9. The first-order valence-electron chi connectivity index (χ1n) is 11.1. The molecule has 0 aliphatic rings. The van der Waals surface area contributed by atoms with Crippen LogP contribution in [0.2, 0.25) is 0 Å². The molecule has 2 aromatic heterocycles. The van der Waals surface area contributed by atoms with Crippen LogP contribution < -0.4 is 5.32 Å². The Labute approximate surface area is 179 Å². The van der Waals surface area contributed by atoms with E-state index in [-0.39, 0.29) is 17.8 Å². The van der Waals surface area contributed by atoms with Crippen LogP contribution in [0.25, 0.3) is 11.0 Å². The molecule has 0 fully saturated rings. The van der Waals surface area contributed by atoms with E-state index in [0.29, 0.717) is 32.4 Å². The van der Waals surface area contributed by atoms with Crippen molar-refractivity contribution in [1.82, 2.24) is 19.9 Å². The summed E-state index contributed by atoms with van der Waals surface area (Å²) in [6.07, 6.45) is 9.31. The lowest BCUT2D eigenvalue weighted by molar-refractivity contribution is -0.148. The molecule has 166 valence electrons. The quantitative estimate of drug-likeness (QED) is 0.391. The number of carbonyl (C=O) groups is 2. The maximum absolute atomic E-state index is 12.5. The Kier molecular flexibility index (Phi) is 9.77. The van der Waals surface area contributed by atoms with Gasteiger partial charge in [-0.1, -0.05) is 40.0 Å². The first kappa shape index (κ1) is 23.8. The number of pyridine rings is 1. The summed E-state index contributed by atoms with van der Waals surface area (Å²) < 4.78 is 7.51. The van der Waals surface area contributed by atoms with Gasteiger partial charge >= 0.3 is 5.97 Å². The Hall–Kier alpha value is -2.44. The van der Waals surface area contributed by atoms with Crippen LogP contribution in [0.4, 0.5) is 0 Å². The van der Waals surface area contributed by atoms with Gasteiger partial charge in [0, 0.05) is 19.2 Å². The van der Waals surface area contributed by atoms with Crippen molar-refractivity contribution in [2.45, 2.75) is 85.2 Å². The van der Waals surface area contributed by atoms with Gasteiger partial charge in [0.15, 0.2) is 0 Å². The molecule has 0 aliphatic heterocycles. The Balaban J connectivity index is 1.83. The van der Waals surface area contributed by atoms with Gasteiger partial charge in [-0.25, -0.2) is 9.78 Å². The molecule has 0 unspecified atom stereocenters. The number of hydrogen-bond acceptors (Lipinski definition) is 5. The van der Waals surface area contributed by atoms with Crippen molar-refractivity contribution in [1.29, 1.82) is 0 Å². The van der Waals surface area contributed by atoms with E-state index in [2.05, 4.69) is 26.8 Å². The van der Waals surface area contributed by atoms with E-state index in [4.69, 9.17) is 4.74 Å². The van der Waals surface area contributed by atoms with Gasteiger partial charge in [-0.2, -0.15) is 0 Å². The fraction of sp³-hybridized carbons (Fsp3) is 0.652. The Morgan fingerprint density at radius 1 is 1.20 bits per heavy atom. The highest BCUT2D eigenvalue weighted by molar-refractivity contribution is 5.84. The monoisotopic (exact) mass is 416 g/mol. The molecule has 2 aromatic rings. The van der Waals surface area contributed by atoms with E-state index in [1.807, 2.05) is 26.8 Å². The van der Waals surface area contributed by atoms with Crippen LogP contribution in [0.15, 0.2) is 18.5 Å². The Morgan fingerprint density at radius 2 is 2.00 bits per heavy atom. The summed E-state index contributed by atoms with van der Waals surface area (Å²) in [5.74, 6) is 0.754. The molecule has 0 spiro atoms. The van der Waals surface area contributed by atoms with Crippen LogP contribution in [-0.4, -0.2) is 39.1 Å². The van der Waals surface area contributed by atoms with Crippen LogP contribution >= 0.6 is 0 Å². The summed E-state index contributed by atoms with van der Waals surface area (Å²) in [6.45, 7) is 9.29. The fourth-order valence-electron chi connectivity index (χ4n) is 3.54. The van der Waals surface area contributed by atoms with Crippen LogP contribution in [0.5, 0.6) is 0 Å². The molecule has 0 saturated carbocycles. The molecular weight excluding hydrogens is 380 g/mol. The SMILES string of the molecule is CCCCCCOC(=O)[C@H](CC(C)C)NC(=O)CCCn1c(C)nc2cnccc21.